The van der Waals surface area contributed by atoms with Crippen LogP contribution in [-0.4, -0.2) is 21.3 Å². The number of carbonyl (C=O) groups is 1. The van der Waals surface area contributed by atoms with Crippen molar-refractivity contribution >= 4 is 22.2 Å². The normalized spacial score (nSPS) is 15.7. The third kappa shape index (κ3) is 2.48. The summed E-state index contributed by atoms with van der Waals surface area (Å²) in [6.45, 7) is 3.92. The molecule has 1 aliphatic rings. The highest BCUT2D eigenvalue weighted by molar-refractivity contribution is 7.17. The van der Waals surface area contributed by atoms with Gasteiger partial charge in [-0.15, -0.1) is 11.3 Å². The number of aryl methyl sites for hydroxylation is 2. The van der Waals surface area contributed by atoms with Crippen molar-refractivity contribution in [1.29, 1.82) is 0 Å². The van der Waals surface area contributed by atoms with E-state index < -0.39 is 0 Å². The van der Waals surface area contributed by atoms with Gasteiger partial charge in [0.25, 0.3) is 11.5 Å². The van der Waals surface area contributed by atoms with E-state index in [1.807, 2.05) is 13.8 Å². The van der Waals surface area contributed by atoms with Gasteiger partial charge in [-0.25, -0.2) is 4.98 Å². The van der Waals surface area contributed by atoms with Crippen molar-refractivity contribution in [2.24, 2.45) is 0 Å². The average Bonchev–Trinajstić information content (AvgIpc) is 2.86. The Kier molecular flexibility index (Phi) is 3.80. The standard InChI is InChI=1S/C15H19N3O2S/c1-3-9(2)17-13(19)10-8-16-15-18(14(10)20)11-6-4-5-7-12(11)21-15/h8-9H,3-7H2,1-2H3,(H,17,19)/t9-/m1/s1. The van der Waals surface area contributed by atoms with Crippen molar-refractivity contribution in [2.45, 2.75) is 52.0 Å². The van der Waals surface area contributed by atoms with E-state index in [1.54, 1.807) is 15.7 Å². The zero-order valence-corrected chi connectivity index (χ0v) is 13.1. The molecule has 5 nitrogen and oxygen atoms in total. The Balaban J connectivity index is 2.07. The van der Waals surface area contributed by atoms with E-state index in [0.717, 1.165) is 37.8 Å². The fourth-order valence-electron chi connectivity index (χ4n) is 2.63. The molecule has 2 heterocycles. The lowest BCUT2D eigenvalue weighted by Gasteiger charge is -2.12. The molecule has 0 bridgehead atoms. The van der Waals surface area contributed by atoms with Gasteiger partial charge < -0.3 is 5.32 Å². The number of fused-ring (bicyclic) bond motifs is 3. The monoisotopic (exact) mass is 305 g/mol. The van der Waals surface area contributed by atoms with Crippen molar-refractivity contribution in [3.8, 4) is 0 Å². The van der Waals surface area contributed by atoms with E-state index in [9.17, 15) is 9.59 Å². The Morgan fingerprint density at radius 1 is 1.48 bits per heavy atom. The van der Waals surface area contributed by atoms with E-state index >= 15 is 0 Å². The minimum absolute atomic E-state index is 0.0500. The molecule has 21 heavy (non-hydrogen) atoms. The van der Waals surface area contributed by atoms with Gasteiger partial charge in [0.2, 0.25) is 0 Å². The number of amides is 1. The van der Waals surface area contributed by atoms with Gasteiger partial charge in [0.15, 0.2) is 4.96 Å². The van der Waals surface area contributed by atoms with Gasteiger partial charge in [-0.05, 0) is 39.0 Å². The van der Waals surface area contributed by atoms with Gasteiger partial charge in [-0.2, -0.15) is 0 Å². The average molecular weight is 305 g/mol. The molecule has 3 rings (SSSR count). The van der Waals surface area contributed by atoms with Crippen LogP contribution in [-0.2, 0) is 12.8 Å². The first-order chi connectivity index (χ1) is 10.1. The van der Waals surface area contributed by atoms with Crippen LogP contribution in [0.1, 0.15) is 54.0 Å². The molecule has 1 aliphatic carbocycles. The number of hydrogen-bond donors (Lipinski definition) is 1. The summed E-state index contributed by atoms with van der Waals surface area (Å²) in [4.78, 5) is 31.1. The van der Waals surface area contributed by atoms with Gasteiger partial charge in [-0.1, -0.05) is 6.92 Å². The third-order valence-electron chi connectivity index (χ3n) is 4.04. The minimum Gasteiger partial charge on any atom is -0.349 e. The molecule has 0 unspecified atom stereocenters. The molecule has 0 fully saturated rings. The molecule has 1 N–H and O–H groups in total. The zero-order chi connectivity index (χ0) is 15.0. The maximum Gasteiger partial charge on any atom is 0.271 e. The molecule has 6 heteroatoms. The molecular weight excluding hydrogens is 286 g/mol. The number of nitrogens with zero attached hydrogens (tertiary/aromatic N) is 2. The number of hydrogen-bond acceptors (Lipinski definition) is 4. The molecule has 0 aliphatic heterocycles. The molecule has 0 aromatic carbocycles. The third-order valence-corrected chi connectivity index (χ3v) is 5.19. The van der Waals surface area contributed by atoms with Crippen LogP contribution >= 0.6 is 11.3 Å². The van der Waals surface area contributed by atoms with Crippen LogP contribution in [0.15, 0.2) is 11.0 Å². The van der Waals surface area contributed by atoms with Crippen LogP contribution in [0.25, 0.3) is 4.96 Å². The maximum absolute atomic E-state index is 12.6. The predicted molar refractivity (Wildman–Crippen MR) is 83.2 cm³/mol. The summed E-state index contributed by atoms with van der Waals surface area (Å²) in [7, 11) is 0. The smallest absolute Gasteiger partial charge is 0.271 e. The first kappa shape index (κ1) is 14.3. The molecule has 0 spiro atoms. The second-order valence-corrected chi connectivity index (χ2v) is 6.62. The number of thiazole rings is 1. The Hall–Kier alpha value is -1.69. The van der Waals surface area contributed by atoms with Gasteiger partial charge in [0, 0.05) is 22.8 Å². The van der Waals surface area contributed by atoms with Gasteiger partial charge in [-0.3, -0.25) is 14.0 Å². The number of carbonyl (C=O) groups excluding carboxylic acids is 1. The van der Waals surface area contributed by atoms with Crippen LogP contribution in [0.2, 0.25) is 0 Å². The van der Waals surface area contributed by atoms with Gasteiger partial charge >= 0.3 is 0 Å². The van der Waals surface area contributed by atoms with Crippen molar-refractivity contribution in [1.82, 2.24) is 14.7 Å². The van der Waals surface area contributed by atoms with Crippen LogP contribution in [0.5, 0.6) is 0 Å². The summed E-state index contributed by atoms with van der Waals surface area (Å²) in [5, 5.41) is 2.83. The van der Waals surface area contributed by atoms with Crippen LogP contribution in [0.3, 0.4) is 0 Å². The predicted octanol–water partition coefficient (Wildman–Crippen LogP) is 2.16. The number of nitrogens with one attached hydrogen (secondary N) is 1. The minimum atomic E-state index is -0.327. The highest BCUT2D eigenvalue weighted by atomic mass is 32.1. The van der Waals surface area contributed by atoms with E-state index in [-0.39, 0.29) is 23.1 Å². The summed E-state index contributed by atoms with van der Waals surface area (Å²) in [6, 6.07) is 0.0500. The molecule has 1 amide bonds. The first-order valence-electron chi connectivity index (χ1n) is 7.45. The van der Waals surface area contributed by atoms with Gasteiger partial charge in [0.1, 0.15) is 5.56 Å². The van der Waals surface area contributed by atoms with E-state index in [2.05, 4.69) is 10.3 Å². The molecule has 1 atom stereocenters. The van der Waals surface area contributed by atoms with Crippen LogP contribution in [0.4, 0.5) is 0 Å². The summed E-state index contributed by atoms with van der Waals surface area (Å²) in [6.07, 6.45) is 6.41. The summed E-state index contributed by atoms with van der Waals surface area (Å²) < 4.78 is 1.64. The SMILES string of the molecule is CC[C@@H](C)NC(=O)c1cnc2sc3c(n2c1=O)CCCC3. The zero-order valence-electron chi connectivity index (χ0n) is 12.3. The van der Waals surface area contributed by atoms with Crippen molar-refractivity contribution in [2.75, 3.05) is 0 Å². The van der Waals surface area contributed by atoms with Crippen molar-refractivity contribution in [3.63, 3.8) is 0 Å². The Bertz CT molecular complexity index is 747. The lowest BCUT2D eigenvalue weighted by Crippen LogP contribution is -2.36. The molecule has 2 aromatic rings. The largest absolute Gasteiger partial charge is 0.349 e. The maximum atomic E-state index is 12.6. The Morgan fingerprint density at radius 2 is 2.24 bits per heavy atom. The molecule has 0 saturated carbocycles. The fourth-order valence-corrected chi connectivity index (χ4v) is 3.80. The second kappa shape index (κ2) is 5.60. The van der Waals surface area contributed by atoms with Crippen LogP contribution in [0, 0.1) is 0 Å². The topological polar surface area (TPSA) is 63.5 Å². The lowest BCUT2D eigenvalue weighted by molar-refractivity contribution is 0.0937. The van der Waals surface area contributed by atoms with Gasteiger partial charge in [0.05, 0.1) is 0 Å². The highest BCUT2D eigenvalue weighted by Gasteiger charge is 2.21. The molecule has 0 saturated heterocycles. The molecule has 2 aromatic heterocycles. The summed E-state index contributed by atoms with van der Waals surface area (Å²) >= 11 is 1.57. The molecule has 0 radical (unpaired) electrons. The molecular formula is C15H19N3O2S. The summed E-state index contributed by atoms with van der Waals surface area (Å²) in [5.74, 6) is -0.327. The Morgan fingerprint density at radius 3 is 3.00 bits per heavy atom. The summed E-state index contributed by atoms with van der Waals surface area (Å²) in [5.41, 5.74) is 0.955. The molecule has 112 valence electrons. The van der Waals surface area contributed by atoms with Crippen molar-refractivity contribution < 1.29 is 4.79 Å². The highest BCUT2D eigenvalue weighted by Crippen LogP contribution is 2.28. The quantitative estimate of drug-likeness (QED) is 0.945. The Labute approximate surface area is 127 Å². The fraction of sp³-hybridized carbons (Fsp3) is 0.533. The second-order valence-electron chi connectivity index (χ2n) is 5.56. The first-order valence-corrected chi connectivity index (χ1v) is 8.26. The van der Waals surface area contributed by atoms with E-state index in [0.29, 0.717) is 4.96 Å². The van der Waals surface area contributed by atoms with Crippen molar-refractivity contribution in [3.05, 3.63) is 32.7 Å². The van der Waals surface area contributed by atoms with Crippen LogP contribution < -0.4 is 10.9 Å². The number of rotatable bonds is 3. The van der Waals surface area contributed by atoms with E-state index in [1.165, 1.54) is 11.1 Å². The van der Waals surface area contributed by atoms with E-state index in [4.69, 9.17) is 0 Å². The number of aromatic nitrogens is 2. The lowest BCUT2D eigenvalue weighted by atomic mass is 10.0.